The Labute approximate surface area is 109 Å². The third kappa shape index (κ3) is 2.24. The largest absolute Gasteiger partial charge is 0.493 e. The molecule has 1 aromatic rings. The van der Waals surface area contributed by atoms with Crippen LogP contribution < -0.4 is 16.0 Å². The molecule has 1 aliphatic rings. The predicted octanol–water partition coefficient (Wildman–Crippen LogP) is 1.85. The van der Waals surface area contributed by atoms with Crippen molar-refractivity contribution in [1.82, 2.24) is 15.2 Å². The zero-order chi connectivity index (χ0) is 13.1. The maximum atomic E-state index is 5.81. The molecule has 3 N–H and O–H groups in total. The third-order valence-electron chi connectivity index (χ3n) is 4.19. The van der Waals surface area contributed by atoms with Crippen molar-refractivity contribution in [2.24, 2.45) is 17.7 Å². The first-order valence-electron chi connectivity index (χ1n) is 6.78. The van der Waals surface area contributed by atoms with Crippen molar-refractivity contribution in [3.63, 3.8) is 0 Å². The number of ether oxygens (including phenoxy) is 1. The van der Waals surface area contributed by atoms with Crippen molar-refractivity contribution >= 4 is 0 Å². The summed E-state index contributed by atoms with van der Waals surface area (Å²) in [6.45, 7) is 5.22. The highest BCUT2D eigenvalue weighted by Gasteiger charge is 2.34. The number of nitrogens with two attached hydrogens (primary N) is 1. The van der Waals surface area contributed by atoms with E-state index in [1.807, 2.05) is 4.68 Å². The van der Waals surface area contributed by atoms with Crippen LogP contribution in [0.4, 0.5) is 0 Å². The molecule has 102 valence electrons. The standard InChI is InChI=1S/C13H24N4O/c1-4-17-13(11(18-3)8-15-17)12(16-14)10-7-5-6-9(10)2/h8-10,12,16H,4-7,14H2,1-3H3. The van der Waals surface area contributed by atoms with Crippen molar-refractivity contribution in [3.05, 3.63) is 11.9 Å². The topological polar surface area (TPSA) is 65.1 Å². The fraction of sp³-hybridized carbons (Fsp3) is 0.769. The second-order valence-corrected chi connectivity index (χ2v) is 5.13. The fourth-order valence-corrected chi connectivity index (χ4v) is 3.18. The average Bonchev–Trinajstić information content (AvgIpc) is 2.98. The molecule has 0 aliphatic heterocycles. The van der Waals surface area contributed by atoms with Gasteiger partial charge in [-0.3, -0.25) is 16.0 Å². The van der Waals surface area contributed by atoms with E-state index in [0.717, 1.165) is 18.0 Å². The van der Waals surface area contributed by atoms with Gasteiger partial charge in [-0.25, -0.2) is 0 Å². The Morgan fingerprint density at radius 2 is 2.39 bits per heavy atom. The highest BCUT2D eigenvalue weighted by Crippen LogP contribution is 2.41. The molecule has 3 unspecified atom stereocenters. The molecule has 0 saturated heterocycles. The monoisotopic (exact) mass is 252 g/mol. The zero-order valence-electron chi connectivity index (χ0n) is 11.5. The first-order valence-corrected chi connectivity index (χ1v) is 6.78. The van der Waals surface area contributed by atoms with E-state index in [1.165, 1.54) is 19.3 Å². The van der Waals surface area contributed by atoms with Crippen LogP contribution in [0.1, 0.15) is 44.8 Å². The van der Waals surface area contributed by atoms with Gasteiger partial charge in [0.1, 0.15) is 0 Å². The SMILES string of the molecule is CCn1ncc(OC)c1C(NN)C1CCCC1C. The number of aromatic nitrogens is 2. The Bertz CT molecular complexity index is 369. The van der Waals surface area contributed by atoms with Gasteiger partial charge in [0.25, 0.3) is 0 Å². The molecular formula is C13H24N4O. The molecule has 5 nitrogen and oxygen atoms in total. The highest BCUT2D eigenvalue weighted by molar-refractivity contribution is 5.29. The summed E-state index contributed by atoms with van der Waals surface area (Å²) in [6.07, 6.45) is 5.56. The molecule has 18 heavy (non-hydrogen) atoms. The van der Waals surface area contributed by atoms with Crippen LogP contribution in [0.2, 0.25) is 0 Å². The highest BCUT2D eigenvalue weighted by atomic mass is 16.5. The number of hydrogen-bond donors (Lipinski definition) is 2. The second kappa shape index (κ2) is 5.71. The molecule has 0 bridgehead atoms. The van der Waals surface area contributed by atoms with Gasteiger partial charge in [-0.05, 0) is 25.2 Å². The molecule has 0 radical (unpaired) electrons. The lowest BCUT2D eigenvalue weighted by molar-refractivity contribution is 0.281. The van der Waals surface area contributed by atoms with E-state index in [4.69, 9.17) is 10.6 Å². The molecule has 0 spiro atoms. The van der Waals surface area contributed by atoms with Crippen molar-refractivity contribution in [2.45, 2.75) is 45.7 Å². The van der Waals surface area contributed by atoms with E-state index >= 15 is 0 Å². The van der Waals surface area contributed by atoms with Crippen molar-refractivity contribution < 1.29 is 4.74 Å². The number of aryl methyl sites for hydroxylation is 1. The first-order chi connectivity index (χ1) is 8.72. The Balaban J connectivity index is 2.34. The van der Waals surface area contributed by atoms with Crippen molar-refractivity contribution in [1.29, 1.82) is 0 Å². The summed E-state index contributed by atoms with van der Waals surface area (Å²) in [5.74, 6) is 7.89. The Morgan fingerprint density at radius 1 is 1.61 bits per heavy atom. The molecule has 1 aliphatic carbocycles. The lowest BCUT2D eigenvalue weighted by atomic mass is 9.88. The average molecular weight is 252 g/mol. The van der Waals surface area contributed by atoms with E-state index in [2.05, 4.69) is 24.4 Å². The molecule has 0 amide bonds. The molecule has 1 fully saturated rings. The number of nitrogens with one attached hydrogen (secondary N) is 1. The van der Waals surface area contributed by atoms with Crippen molar-refractivity contribution in [3.8, 4) is 5.75 Å². The molecule has 1 saturated carbocycles. The maximum Gasteiger partial charge on any atom is 0.161 e. The van der Waals surface area contributed by atoms with Crippen LogP contribution in [0, 0.1) is 11.8 Å². The zero-order valence-corrected chi connectivity index (χ0v) is 11.5. The molecule has 5 heteroatoms. The smallest absolute Gasteiger partial charge is 0.161 e. The van der Waals surface area contributed by atoms with E-state index in [9.17, 15) is 0 Å². The van der Waals surface area contributed by atoms with Gasteiger partial charge in [-0.2, -0.15) is 5.10 Å². The quantitative estimate of drug-likeness (QED) is 0.620. The number of nitrogens with zero attached hydrogens (tertiary/aromatic N) is 2. The summed E-state index contributed by atoms with van der Waals surface area (Å²) in [6, 6.07) is 0.125. The van der Waals surface area contributed by atoms with Crippen LogP contribution in [0.15, 0.2) is 6.20 Å². The number of hydrazine groups is 1. The molecule has 2 rings (SSSR count). The van der Waals surface area contributed by atoms with E-state index in [-0.39, 0.29) is 6.04 Å². The molecule has 3 atom stereocenters. The number of hydrogen-bond acceptors (Lipinski definition) is 4. The minimum Gasteiger partial charge on any atom is -0.493 e. The molecular weight excluding hydrogens is 228 g/mol. The van der Waals surface area contributed by atoms with Crippen LogP contribution >= 0.6 is 0 Å². The summed E-state index contributed by atoms with van der Waals surface area (Å²) >= 11 is 0. The Morgan fingerprint density at radius 3 is 2.89 bits per heavy atom. The van der Waals surface area contributed by atoms with Crippen LogP contribution in [-0.4, -0.2) is 16.9 Å². The maximum absolute atomic E-state index is 5.81. The lowest BCUT2D eigenvalue weighted by Gasteiger charge is -2.27. The second-order valence-electron chi connectivity index (χ2n) is 5.13. The summed E-state index contributed by atoms with van der Waals surface area (Å²) in [5, 5.41) is 4.37. The van der Waals surface area contributed by atoms with E-state index in [1.54, 1.807) is 13.3 Å². The molecule has 1 aromatic heterocycles. The van der Waals surface area contributed by atoms with Gasteiger partial charge in [0.2, 0.25) is 0 Å². The minimum absolute atomic E-state index is 0.125. The predicted molar refractivity (Wildman–Crippen MR) is 71.0 cm³/mol. The lowest BCUT2D eigenvalue weighted by Crippen LogP contribution is -2.36. The molecule has 0 aromatic carbocycles. The van der Waals surface area contributed by atoms with Crippen LogP contribution in [0.25, 0.3) is 0 Å². The Hall–Kier alpha value is -1.07. The van der Waals surface area contributed by atoms with Gasteiger partial charge in [-0.1, -0.05) is 19.8 Å². The Kier molecular flexibility index (Phi) is 4.24. The van der Waals surface area contributed by atoms with Crippen LogP contribution in [-0.2, 0) is 6.54 Å². The number of methoxy groups -OCH3 is 1. The van der Waals surface area contributed by atoms with Crippen molar-refractivity contribution in [2.75, 3.05) is 7.11 Å². The molecule has 1 heterocycles. The van der Waals surface area contributed by atoms with Gasteiger partial charge < -0.3 is 4.74 Å². The first kappa shape index (κ1) is 13.4. The summed E-state index contributed by atoms with van der Waals surface area (Å²) in [4.78, 5) is 0. The van der Waals surface area contributed by atoms with Gasteiger partial charge in [-0.15, -0.1) is 0 Å². The minimum atomic E-state index is 0.125. The third-order valence-corrected chi connectivity index (χ3v) is 4.19. The van der Waals surface area contributed by atoms with Gasteiger partial charge in [0.05, 0.1) is 25.0 Å². The summed E-state index contributed by atoms with van der Waals surface area (Å²) < 4.78 is 7.41. The van der Waals surface area contributed by atoms with E-state index in [0.29, 0.717) is 11.8 Å². The fourth-order valence-electron chi connectivity index (χ4n) is 3.18. The number of rotatable bonds is 5. The van der Waals surface area contributed by atoms with Gasteiger partial charge in [0, 0.05) is 6.54 Å². The van der Waals surface area contributed by atoms with Gasteiger partial charge in [0.15, 0.2) is 5.75 Å². The summed E-state index contributed by atoms with van der Waals surface area (Å²) in [7, 11) is 1.69. The van der Waals surface area contributed by atoms with Crippen LogP contribution in [0.3, 0.4) is 0 Å². The van der Waals surface area contributed by atoms with Crippen LogP contribution in [0.5, 0.6) is 5.75 Å². The van der Waals surface area contributed by atoms with E-state index < -0.39 is 0 Å². The normalized spacial score (nSPS) is 25.3. The van der Waals surface area contributed by atoms with Gasteiger partial charge >= 0.3 is 0 Å². The summed E-state index contributed by atoms with van der Waals surface area (Å²) in [5.41, 5.74) is 4.07.